The zero-order valence-corrected chi connectivity index (χ0v) is 14.6. The second-order valence-electron chi connectivity index (χ2n) is 6.60. The van der Waals surface area contributed by atoms with Gasteiger partial charge < -0.3 is 5.32 Å². The van der Waals surface area contributed by atoms with Crippen LogP contribution in [0.4, 0.5) is 0 Å². The standard InChI is InChI=1S/C18H28ClNO/c1-6-13(7-2)16(19)12-20-17(21)14-10-8-9-11-15(14)18(3,4)5/h8-11,13,16H,6-7,12H2,1-5H3,(H,20,21). The lowest BCUT2D eigenvalue weighted by Gasteiger charge is -2.23. The molecule has 3 heteroatoms. The fourth-order valence-electron chi connectivity index (χ4n) is 2.59. The molecule has 0 heterocycles. The minimum atomic E-state index is -0.0519. The van der Waals surface area contributed by atoms with Crippen molar-refractivity contribution in [3.8, 4) is 0 Å². The number of hydrogen-bond acceptors (Lipinski definition) is 1. The molecule has 1 aromatic carbocycles. The third-order valence-electron chi connectivity index (χ3n) is 4.00. The van der Waals surface area contributed by atoms with E-state index in [-0.39, 0.29) is 16.7 Å². The molecule has 0 aliphatic carbocycles. The molecule has 1 atom stereocenters. The highest BCUT2D eigenvalue weighted by Crippen LogP contribution is 2.25. The normalized spacial score (nSPS) is 13.3. The third-order valence-corrected chi connectivity index (χ3v) is 4.51. The summed E-state index contributed by atoms with van der Waals surface area (Å²) in [5.41, 5.74) is 1.76. The molecule has 0 saturated carbocycles. The lowest BCUT2D eigenvalue weighted by atomic mass is 9.83. The van der Waals surface area contributed by atoms with Crippen molar-refractivity contribution in [3.63, 3.8) is 0 Å². The molecule has 0 aliphatic heterocycles. The molecule has 0 aliphatic rings. The number of hydrogen-bond donors (Lipinski definition) is 1. The van der Waals surface area contributed by atoms with Crippen LogP contribution in [0.2, 0.25) is 0 Å². The van der Waals surface area contributed by atoms with Gasteiger partial charge in [0, 0.05) is 12.1 Å². The van der Waals surface area contributed by atoms with Gasteiger partial charge in [-0.3, -0.25) is 4.79 Å². The fourth-order valence-corrected chi connectivity index (χ4v) is 3.02. The number of carbonyl (C=O) groups excluding carboxylic acids is 1. The second kappa shape index (κ2) is 7.84. The van der Waals surface area contributed by atoms with Crippen molar-refractivity contribution in [2.45, 2.75) is 58.3 Å². The molecule has 0 spiro atoms. The number of nitrogens with one attached hydrogen (secondary N) is 1. The average molecular weight is 310 g/mol. The monoisotopic (exact) mass is 309 g/mol. The summed E-state index contributed by atoms with van der Waals surface area (Å²) in [5.74, 6) is 0.418. The van der Waals surface area contributed by atoms with Gasteiger partial charge in [-0.05, 0) is 23.0 Å². The maximum atomic E-state index is 12.4. The van der Waals surface area contributed by atoms with E-state index < -0.39 is 0 Å². The lowest BCUT2D eigenvalue weighted by Crippen LogP contribution is -2.34. The maximum absolute atomic E-state index is 12.4. The molecule has 0 bridgehead atoms. The average Bonchev–Trinajstić information content (AvgIpc) is 2.45. The number of alkyl halides is 1. The second-order valence-corrected chi connectivity index (χ2v) is 7.16. The van der Waals surface area contributed by atoms with Gasteiger partial charge in [0.15, 0.2) is 0 Å². The third kappa shape index (κ3) is 5.03. The van der Waals surface area contributed by atoms with Crippen LogP contribution in [-0.2, 0) is 5.41 Å². The Labute approximate surface area is 134 Å². The van der Waals surface area contributed by atoms with E-state index in [4.69, 9.17) is 11.6 Å². The first-order valence-corrected chi connectivity index (χ1v) is 8.26. The zero-order chi connectivity index (χ0) is 16.0. The Morgan fingerprint density at radius 3 is 2.29 bits per heavy atom. The number of benzene rings is 1. The highest BCUT2D eigenvalue weighted by molar-refractivity contribution is 6.21. The van der Waals surface area contributed by atoms with Crippen LogP contribution < -0.4 is 5.32 Å². The van der Waals surface area contributed by atoms with Crippen LogP contribution in [0, 0.1) is 5.92 Å². The molecule has 118 valence electrons. The molecule has 0 aromatic heterocycles. The van der Waals surface area contributed by atoms with Crippen LogP contribution in [0.25, 0.3) is 0 Å². The lowest BCUT2D eigenvalue weighted by molar-refractivity contribution is 0.0949. The molecule has 0 saturated heterocycles. The first-order valence-electron chi connectivity index (χ1n) is 7.83. The molecule has 1 N–H and O–H groups in total. The molecule has 0 radical (unpaired) electrons. The smallest absolute Gasteiger partial charge is 0.251 e. The Kier molecular flexibility index (Phi) is 6.73. The largest absolute Gasteiger partial charge is 0.351 e. The SMILES string of the molecule is CCC(CC)C(Cl)CNC(=O)c1ccccc1C(C)(C)C. The summed E-state index contributed by atoms with van der Waals surface area (Å²) >= 11 is 6.39. The van der Waals surface area contributed by atoms with Crippen molar-refractivity contribution in [3.05, 3.63) is 35.4 Å². The molecular weight excluding hydrogens is 282 g/mol. The van der Waals surface area contributed by atoms with Crippen molar-refractivity contribution < 1.29 is 4.79 Å². The van der Waals surface area contributed by atoms with Crippen molar-refractivity contribution >= 4 is 17.5 Å². The molecule has 0 fully saturated rings. The van der Waals surface area contributed by atoms with Gasteiger partial charge in [0.25, 0.3) is 5.91 Å². The van der Waals surface area contributed by atoms with E-state index in [0.29, 0.717) is 12.5 Å². The van der Waals surface area contributed by atoms with Crippen LogP contribution in [-0.4, -0.2) is 17.8 Å². The Morgan fingerprint density at radius 2 is 1.76 bits per heavy atom. The summed E-state index contributed by atoms with van der Waals surface area (Å²) in [6, 6.07) is 7.79. The van der Waals surface area contributed by atoms with Gasteiger partial charge in [-0.2, -0.15) is 0 Å². The van der Waals surface area contributed by atoms with E-state index in [1.165, 1.54) is 0 Å². The van der Waals surface area contributed by atoms with Gasteiger partial charge in [0.05, 0.1) is 5.38 Å². The number of amides is 1. The van der Waals surface area contributed by atoms with E-state index in [2.05, 4.69) is 39.9 Å². The van der Waals surface area contributed by atoms with E-state index in [0.717, 1.165) is 24.0 Å². The molecule has 21 heavy (non-hydrogen) atoms. The van der Waals surface area contributed by atoms with Crippen LogP contribution >= 0.6 is 11.6 Å². The Bertz CT molecular complexity index is 461. The van der Waals surface area contributed by atoms with Gasteiger partial charge in [0.1, 0.15) is 0 Å². The maximum Gasteiger partial charge on any atom is 0.251 e. The Morgan fingerprint density at radius 1 is 1.19 bits per heavy atom. The summed E-state index contributed by atoms with van der Waals surface area (Å²) in [6.45, 7) is 11.2. The fraction of sp³-hybridized carbons (Fsp3) is 0.611. The zero-order valence-electron chi connectivity index (χ0n) is 13.9. The molecule has 1 aromatic rings. The molecule has 1 unspecified atom stereocenters. The summed E-state index contributed by atoms with van der Waals surface area (Å²) in [6.07, 6.45) is 2.08. The van der Waals surface area contributed by atoms with Crippen molar-refractivity contribution in [2.24, 2.45) is 5.92 Å². The van der Waals surface area contributed by atoms with E-state index in [1.807, 2.05) is 24.3 Å². The minimum absolute atomic E-state index is 0.00857. The van der Waals surface area contributed by atoms with Gasteiger partial charge >= 0.3 is 0 Å². The van der Waals surface area contributed by atoms with Crippen LogP contribution in [0.15, 0.2) is 24.3 Å². The summed E-state index contributed by atoms with van der Waals surface area (Å²) in [7, 11) is 0. The minimum Gasteiger partial charge on any atom is -0.351 e. The van der Waals surface area contributed by atoms with Crippen molar-refractivity contribution in [1.29, 1.82) is 0 Å². The highest BCUT2D eigenvalue weighted by atomic mass is 35.5. The molecule has 1 rings (SSSR count). The van der Waals surface area contributed by atoms with Gasteiger partial charge in [-0.15, -0.1) is 11.6 Å². The quantitative estimate of drug-likeness (QED) is 0.754. The van der Waals surface area contributed by atoms with Gasteiger partial charge in [-0.1, -0.05) is 65.7 Å². The Balaban J connectivity index is 2.78. The van der Waals surface area contributed by atoms with Gasteiger partial charge in [-0.25, -0.2) is 0 Å². The molecule has 2 nitrogen and oxygen atoms in total. The van der Waals surface area contributed by atoms with Crippen molar-refractivity contribution in [2.75, 3.05) is 6.54 Å². The van der Waals surface area contributed by atoms with E-state index in [1.54, 1.807) is 0 Å². The predicted octanol–water partition coefficient (Wildman–Crippen LogP) is 4.76. The number of carbonyl (C=O) groups is 1. The van der Waals surface area contributed by atoms with Crippen LogP contribution in [0.5, 0.6) is 0 Å². The first kappa shape index (κ1) is 18.0. The van der Waals surface area contributed by atoms with E-state index in [9.17, 15) is 4.79 Å². The first-order chi connectivity index (χ1) is 9.81. The van der Waals surface area contributed by atoms with E-state index >= 15 is 0 Å². The number of rotatable bonds is 6. The summed E-state index contributed by atoms with van der Waals surface area (Å²) in [4.78, 5) is 12.4. The topological polar surface area (TPSA) is 29.1 Å². The van der Waals surface area contributed by atoms with Crippen LogP contribution in [0.1, 0.15) is 63.4 Å². The Hall–Kier alpha value is -1.02. The summed E-state index contributed by atoms with van der Waals surface area (Å²) < 4.78 is 0. The summed E-state index contributed by atoms with van der Waals surface area (Å²) in [5, 5.41) is 2.98. The number of halogens is 1. The predicted molar refractivity (Wildman–Crippen MR) is 91.2 cm³/mol. The highest BCUT2D eigenvalue weighted by Gasteiger charge is 2.22. The molecular formula is C18H28ClNO. The van der Waals surface area contributed by atoms with Gasteiger partial charge in [0.2, 0.25) is 0 Å². The molecule has 1 amide bonds. The van der Waals surface area contributed by atoms with Crippen LogP contribution in [0.3, 0.4) is 0 Å². The van der Waals surface area contributed by atoms with Crippen molar-refractivity contribution in [1.82, 2.24) is 5.32 Å².